The largest absolute Gasteiger partial charge is 0.491 e. The summed E-state index contributed by atoms with van der Waals surface area (Å²) in [7, 11) is -6.03. The highest BCUT2D eigenvalue weighted by Gasteiger charge is 2.44. The van der Waals surface area contributed by atoms with Gasteiger partial charge >= 0.3 is 0 Å². The number of sulfonamides is 2. The maximum atomic E-state index is 13.6. The van der Waals surface area contributed by atoms with Crippen LogP contribution in [0.4, 0.5) is 8.78 Å². The van der Waals surface area contributed by atoms with Crippen LogP contribution in [0.25, 0.3) is 11.1 Å². The Kier molecular flexibility index (Phi) is 11.8. The number of piperidine rings is 1. The van der Waals surface area contributed by atoms with Gasteiger partial charge in [-0.05, 0) is 67.3 Å². The van der Waals surface area contributed by atoms with E-state index < -0.39 is 38.2 Å². The van der Waals surface area contributed by atoms with Crippen molar-refractivity contribution >= 4 is 20.0 Å². The predicted molar refractivity (Wildman–Crippen MR) is 177 cm³/mol. The number of benzene rings is 3. The summed E-state index contributed by atoms with van der Waals surface area (Å²) in [6, 6.07) is 20.2. The summed E-state index contributed by atoms with van der Waals surface area (Å²) >= 11 is 0. The van der Waals surface area contributed by atoms with E-state index in [1.54, 1.807) is 30.3 Å². The highest BCUT2D eigenvalue weighted by Crippen LogP contribution is 2.37. The van der Waals surface area contributed by atoms with Gasteiger partial charge in [0.25, 0.3) is 6.43 Å². The van der Waals surface area contributed by atoms with Crippen molar-refractivity contribution in [2.24, 2.45) is 0 Å². The molecule has 15 heteroatoms. The average molecular weight is 709 g/mol. The lowest BCUT2D eigenvalue weighted by Gasteiger charge is -2.38. The average Bonchev–Trinajstić information content (AvgIpc) is 3.48. The van der Waals surface area contributed by atoms with Gasteiger partial charge in [0.1, 0.15) is 18.5 Å². The molecule has 0 aliphatic carbocycles. The van der Waals surface area contributed by atoms with Crippen LogP contribution < -0.4 is 20.1 Å². The molecule has 0 radical (unpaired) electrons. The molecular formula is C33H42F2N4O7S2. The fraction of sp³-hybridized carbons (Fsp3) is 0.455. The van der Waals surface area contributed by atoms with Gasteiger partial charge in [-0.1, -0.05) is 42.5 Å². The minimum absolute atomic E-state index is 0.0185. The van der Waals surface area contributed by atoms with Crippen molar-refractivity contribution in [3.05, 3.63) is 78.4 Å². The number of hydrogen-bond acceptors (Lipinski definition) is 9. The first-order valence-corrected chi connectivity index (χ1v) is 18.7. The van der Waals surface area contributed by atoms with Crippen LogP contribution in [0, 0.1) is 0 Å². The third-order valence-electron chi connectivity index (χ3n) is 8.70. The molecule has 0 saturated carbocycles. The summed E-state index contributed by atoms with van der Waals surface area (Å²) in [5.74, 6) is 0.329. The van der Waals surface area contributed by atoms with Gasteiger partial charge in [0.15, 0.2) is 0 Å². The van der Waals surface area contributed by atoms with E-state index in [2.05, 4.69) is 15.4 Å². The molecule has 11 nitrogen and oxygen atoms in total. The highest BCUT2D eigenvalue weighted by atomic mass is 32.2. The Labute approximate surface area is 280 Å². The first-order chi connectivity index (χ1) is 22.9. The molecule has 4 N–H and O–H groups in total. The van der Waals surface area contributed by atoms with Gasteiger partial charge in [-0.15, -0.1) is 0 Å². The summed E-state index contributed by atoms with van der Waals surface area (Å²) in [6.45, 7) is 1.22. The molecule has 2 atom stereocenters. The zero-order valence-corrected chi connectivity index (χ0v) is 28.3. The first-order valence-electron chi connectivity index (χ1n) is 15.8. The van der Waals surface area contributed by atoms with Gasteiger partial charge in [0.2, 0.25) is 20.0 Å². The van der Waals surface area contributed by atoms with Crippen molar-refractivity contribution in [2.45, 2.75) is 59.8 Å². The van der Waals surface area contributed by atoms with Crippen molar-refractivity contribution in [1.82, 2.24) is 19.7 Å². The SMILES string of the molecule is CNS(=O)(=O)c1cccc(OCC(O)CNC2COC3(CCN(S(=O)(=O)c4cccc(-c5ccc(CNCC(F)F)cc5)c4)CC3)C2)c1. The van der Waals surface area contributed by atoms with Gasteiger partial charge in [-0.25, -0.2) is 30.3 Å². The summed E-state index contributed by atoms with van der Waals surface area (Å²) < 4.78 is 91.6. The Bertz CT molecular complexity index is 1740. The zero-order chi connectivity index (χ0) is 34.4. The number of rotatable bonds is 15. The van der Waals surface area contributed by atoms with Crippen molar-refractivity contribution in [1.29, 1.82) is 0 Å². The highest BCUT2D eigenvalue weighted by molar-refractivity contribution is 7.89. The summed E-state index contributed by atoms with van der Waals surface area (Å²) in [5.41, 5.74) is 1.97. The molecule has 0 amide bonds. The quantitative estimate of drug-likeness (QED) is 0.187. The van der Waals surface area contributed by atoms with E-state index in [0.717, 1.165) is 16.7 Å². The van der Waals surface area contributed by atoms with Crippen molar-refractivity contribution < 1.29 is 40.2 Å². The van der Waals surface area contributed by atoms with Crippen LogP contribution in [0.5, 0.6) is 5.75 Å². The molecule has 3 aromatic rings. The molecule has 2 unspecified atom stereocenters. The van der Waals surface area contributed by atoms with Crippen LogP contribution >= 0.6 is 0 Å². The van der Waals surface area contributed by atoms with Crippen LogP contribution in [-0.2, 0) is 31.3 Å². The number of halogens is 2. The summed E-state index contributed by atoms with van der Waals surface area (Å²) in [5, 5.41) is 16.5. The molecule has 262 valence electrons. The molecule has 0 aromatic heterocycles. The molecule has 1 spiro atoms. The van der Waals surface area contributed by atoms with Crippen LogP contribution in [-0.4, -0.2) is 96.9 Å². The standard InChI is InChI=1S/C33H42F2N4O7S2/c1-36-47(41,42)30-6-3-5-29(17-30)45-23-28(40)20-38-27-18-33(46-22-27)12-14-39(15-13-33)48(43,44)31-7-2-4-26(16-31)25-10-8-24(9-11-25)19-37-21-32(34)35/h2-11,16-17,27-28,32,36-38,40H,12-15,18-23H2,1H3. The maximum Gasteiger partial charge on any atom is 0.250 e. The normalized spacial score (nSPS) is 19.1. The Hall–Kier alpha value is -3.02. The van der Waals surface area contributed by atoms with E-state index in [0.29, 0.717) is 51.3 Å². The summed E-state index contributed by atoms with van der Waals surface area (Å²) in [4.78, 5) is 0.275. The number of alkyl halides is 2. The van der Waals surface area contributed by atoms with Crippen LogP contribution in [0.1, 0.15) is 24.8 Å². The third-order valence-corrected chi connectivity index (χ3v) is 12.0. The zero-order valence-electron chi connectivity index (χ0n) is 26.6. The topological polar surface area (TPSA) is 146 Å². The van der Waals surface area contributed by atoms with Crippen LogP contribution in [0.2, 0.25) is 0 Å². The van der Waals surface area contributed by atoms with Gasteiger partial charge < -0.3 is 25.2 Å². The van der Waals surface area contributed by atoms with Crippen molar-refractivity contribution in [2.75, 3.05) is 46.4 Å². The smallest absolute Gasteiger partial charge is 0.250 e. The maximum absolute atomic E-state index is 13.6. The predicted octanol–water partition coefficient (Wildman–Crippen LogP) is 2.96. The minimum Gasteiger partial charge on any atom is -0.491 e. The molecule has 0 bridgehead atoms. The fourth-order valence-electron chi connectivity index (χ4n) is 5.99. The van der Waals surface area contributed by atoms with E-state index in [4.69, 9.17) is 9.47 Å². The van der Waals surface area contributed by atoms with Crippen molar-refractivity contribution in [3.8, 4) is 16.9 Å². The lowest BCUT2D eigenvalue weighted by atomic mass is 9.88. The molecule has 2 saturated heterocycles. The number of hydrogen-bond donors (Lipinski definition) is 4. The van der Waals surface area contributed by atoms with Gasteiger partial charge in [0.05, 0.1) is 28.5 Å². The Morgan fingerprint density at radius 1 is 0.958 bits per heavy atom. The minimum atomic E-state index is -3.75. The number of aliphatic hydroxyl groups is 1. The van der Waals surface area contributed by atoms with Crippen LogP contribution in [0.3, 0.4) is 0 Å². The lowest BCUT2D eigenvalue weighted by Crippen LogP contribution is -2.47. The second-order valence-corrected chi connectivity index (χ2v) is 15.9. The first kappa shape index (κ1) is 36.3. The molecule has 2 heterocycles. The number of nitrogens with one attached hydrogen (secondary N) is 3. The van der Waals surface area contributed by atoms with Crippen molar-refractivity contribution in [3.63, 3.8) is 0 Å². The van der Waals surface area contributed by atoms with E-state index in [-0.39, 0.29) is 35.5 Å². The lowest BCUT2D eigenvalue weighted by molar-refractivity contribution is -0.0312. The number of ether oxygens (including phenoxy) is 2. The van der Waals surface area contributed by atoms with Gasteiger partial charge in [-0.2, -0.15) is 4.31 Å². The monoisotopic (exact) mass is 708 g/mol. The van der Waals surface area contributed by atoms with E-state index in [9.17, 15) is 30.7 Å². The molecule has 2 aliphatic heterocycles. The second kappa shape index (κ2) is 15.7. The second-order valence-electron chi connectivity index (χ2n) is 12.1. The van der Waals surface area contributed by atoms with E-state index >= 15 is 0 Å². The number of nitrogens with zero attached hydrogens (tertiary/aromatic N) is 1. The Balaban J connectivity index is 1.09. The Morgan fingerprint density at radius 3 is 2.38 bits per heavy atom. The molecule has 5 rings (SSSR count). The molecule has 2 fully saturated rings. The molecular weight excluding hydrogens is 667 g/mol. The van der Waals surface area contributed by atoms with Crippen LogP contribution in [0.15, 0.2) is 82.6 Å². The van der Waals surface area contributed by atoms with Gasteiger partial charge in [-0.3, -0.25) is 0 Å². The molecule has 3 aromatic carbocycles. The Morgan fingerprint density at radius 2 is 1.67 bits per heavy atom. The molecule has 2 aliphatic rings. The number of aliphatic hydroxyl groups excluding tert-OH is 1. The van der Waals surface area contributed by atoms with Gasteiger partial charge in [0, 0.05) is 38.3 Å². The molecule has 48 heavy (non-hydrogen) atoms. The fourth-order valence-corrected chi connectivity index (χ4v) is 8.24. The van der Waals surface area contributed by atoms with E-state index in [1.807, 2.05) is 30.3 Å². The van der Waals surface area contributed by atoms with E-state index in [1.165, 1.54) is 23.5 Å². The summed E-state index contributed by atoms with van der Waals surface area (Å²) in [6.07, 6.45) is -1.49. The third kappa shape index (κ3) is 9.15.